The molecule has 2 heterocycles. The molecule has 1 aliphatic heterocycles. The lowest BCUT2D eigenvalue weighted by Gasteiger charge is -2.30. The minimum absolute atomic E-state index is 0.0985. The Morgan fingerprint density at radius 3 is 2.72 bits per heavy atom. The molecule has 2 aromatic rings. The number of esters is 1. The second-order valence-corrected chi connectivity index (χ2v) is 9.37. The number of ether oxygens (including phenoxy) is 1. The molecule has 1 fully saturated rings. The molecule has 4 rings (SSSR count). The molecule has 1 atom stereocenters. The number of amides is 2. The van der Waals surface area contributed by atoms with Crippen molar-refractivity contribution in [1.82, 2.24) is 15.2 Å². The Labute approximate surface area is 192 Å². The van der Waals surface area contributed by atoms with Crippen molar-refractivity contribution in [2.75, 3.05) is 19.1 Å². The van der Waals surface area contributed by atoms with Crippen LogP contribution >= 0.6 is 11.8 Å². The van der Waals surface area contributed by atoms with E-state index in [9.17, 15) is 14.4 Å². The highest BCUT2D eigenvalue weighted by Crippen LogP contribution is 2.34. The summed E-state index contributed by atoms with van der Waals surface area (Å²) in [6.45, 7) is 0.382. The number of para-hydroxylation sites is 1. The topological polar surface area (TPSA) is 88.6 Å². The van der Waals surface area contributed by atoms with Crippen LogP contribution in [0.4, 0.5) is 0 Å². The average Bonchev–Trinajstić information content (AvgIpc) is 3.15. The summed E-state index contributed by atoms with van der Waals surface area (Å²) in [6, 6.07) is 6.81. The Bertz CT molecular complexity index is 1040. The number of methoxy groups -OCH3 is 1. The van der Waals surface area contributed by atoms with Crippen LogP contribution in [-0.4, -0.2) is 58.9 Å². The van der Waals surface area contributed by atoms with Crippen molar-refractivity contribution >= 4 is 40.4 Å². The first kappa shape index (κ1) is 22.6. The number of nitrogens with one attached hydrogen (secondary N) is 1. The van der Waals surface area contributed by atoms with Gasteiger partial charge in [-0.15, -0.1) is 0 Å². The SMILES string of the molecule is COC(=O)C(CCSC)NC(=O)c1c2c(nc3ccccc13)C(=O)N(C1CCCCC1)C2. The van der Waals surface area contributed by atoms with E-state index in [1.807, 2.05) is 35.4 Å². The van der Waals surface area contributed by atoms with Crippen molar-refractivity contribution in [3.8, 4) is 0 Å². The molecule has 0 saturated heterocycles. The fourth-order valence-corrected chi connectivity index (χ4v) is 5.24. The van der Waals surface area contributed by atoms with Gasteiger partial charge in [0, 0.05) is 23.5 Å². The molecule has 170 valence electrons. The Balaban J connectivity index is 1.72. The van der Waals surface area contributed by atoms with E-state index >= 15 is 0 Å². The van der Waals surface area contributed by atoms with Crippen molar-refractivity contribution in [2.24, 2.45) is 0 Å². The molecule has 0 radical (unpaired) electrons. The van der Waals surface area contributed by atoms with Gasteiger partial charge in [0.1, 0.15) is 11.7 Å². The highest BCUT2D eigenvalue weighted by Gasteiger charge is 2.38. The number of fused-ring (bicyclic) bond motifs is 2. The molecule has 2 aliphatic rings. The third-order valence-electron chi connectivity index (χ3n) is 6.43. The number of thioether (sulfide) groups is 1. The van der Waals surface area contributed by atoms with E-state index in [4.69, 9.17) is 4.74 Å². The van der Waals surface area contributed by atoms with E-state index in [0.29, 0.717) is 46.4 Å². The van der Waals surface area contributed by atoms with Gasteiger partial charge >= 0.3 is 5.97 Å². The maximum atomic E-state index is 13.5. The number of rotatable bonds is 7. The van der Waals surface area contributed by atoms with Crippen LogP contribution in [0.2, 0.25) is 0 Å². The van der Waals surface area contributed by atoms with Gasteiger partial charge in [-0.1, -0.05) is 37.5 Å². The summed E-state index contributed by atoms with van der Waals surface area (Å²) < 4.78 is 4.90. The first-order valence-electron chi connectivity index (χ1n) is 11.1. The van der Waals surface area contributed by atoms with Gasteiger partial charge in [0.15, 0.2) is 0 Å². The third-order valence-corrected chi connectivity index (χ3v) is 7.07. The lowest BCUT2D eigenvalue weighted by molar-refractivity contribution is -0.142. The highest BCUT2D eigenvalue weighted by atomic mass is 32.2. The third kappa shape index (κ3) is 4.33. The molecule has 7 nitrogen and oxygen atoms in total. The first-order valence-corrected chi connectivity index (χ1v) is 12.5. The summed E-state index contributed by atoms with van der Waals surface area (Å²) in [5, 5.41) is 3.56. The molecule has 1 saturated carbocycles. The predicted octanol–water partition coefficient (Wildman–Crippen LogP) is 3.55. The summed E-state index contributed by atoms with van der Waals surface area (Å²) in [4.78, 5) is 45.6. The van der Waals surface area contributed by atoms with Crippen molar-refractivity contribution in [3.05, 3.63) is 41.1 Å². The molecule has 0 spiro atoms. The molecule has 1 unspecified atom stereocenters. The monoisotopic (exact) mass is 455 g/mol. The zero-order chi connectivity index (χ0) is 22.7. The van der Waals surface area contributed by atoms with Crippen molar-refractivity contribution in [3.63, 3.8) is 0 Å². The number of carbonyl (C=O) groups is 3. The first-order chi connectivity index (χ1) is 15.5. The molecular formula is C24H29N3O4S. The van der Waals surface area contributed by atoms with Gasteiger partial charge in [-0.25, -0.2) is 9.78 Å². The molecule has 2 amide bonds. The van der Waals surface area contributed by atoms with Gasteiger partial charge in [0.05, 0.1) is 18.2 Å². The quantitative estimate of drug-likeness (QED) is 0.643. The minimum Gasteiger partial charge on any atom is -0.467 e. The number of hydrogen-bond donors (Lipinski definition) is 1. The maximum Gasteiger partial charge on any atom is 0.328 e. The standard InChI is InChI=1S/C24H29N3O4S/c1-31-24(30)19(12-13-32-2)26-22(28)20-16-10-6-7-11-18(16)25-21-17(20)14-27(23(21)29)15-8-4-3-5-9-15/h6-7,10-11,15,19H,3-5,8-9,12-14H2,1-2H3,(H,26,28). The van der Waals surface area contributed by atoms with E-state index in [0.717, 1.165) is 25.7 Å². The second-order valence-electron chi connectivity index (χ2n) is 8.39. The summed E-state index contributed by atoms with van der Waals surface area (Å²) in [5.74, 6) is -0.223. The number of pyridine rings is 1. The number of carbonyl (C=O) groups excluding carboxylic acids is 3. The van der Waals surface area contributed by atoms with Gasteiger partial charge in [-0.05, 0) is 37.3 Å². The van der Waals surface area contributed by atoms with Crippen LogP contribution in [0, 0.1) is 0 Å². The van der Waals surface area contributed by atoms with Crippen LogP contribution in [0.3, 0.4) is 0 Å². The fourth-order valence-electron chi connectivity index (χ4n) is 4.76. The van der Waals surface area contributed by atoms with Crippen LogP contribution < -0.4 is 5.32 Å². The van der Waals surface area contributed by atoms with Gasteiger partial charge in [0.2, 0.25) is 0 Å². The minimum atomic E-state index is -0.742. The molecule has 1 aromatic carbocycles. The fraction of sp³-hybridized carbons (Fsp3) is 0.500. The lowest BCUT2D eigenvalue weighted by atomic mass is 9.94. The smallest absolute Gasteiger partial charge is 0.328 e. The van der Waals surface area contributed by atoms with Crippen LogP contribution in [0.1, 0.15) is 64.9 Å². The molecule has 0 bridgehead atoms. The summed E-state index contributed by atoms with van der Waals surface area (Å²) in [6.07, 6.45) is 7.82. The van der Waals surface area contributed by atoms with Crippen LogP contribution in [0.15, 0.2) is 24.3 Å². The van der Waals surface area contributed by atoms with Gasteiger partial charge in [0.25, 0.3) is 11.8 Å². The number of aromatic nitrogens is 1. The summed E-state index contributed by atoms with van der Waals surface area (Å²) >= 11 is 1.60. The Morgan fingerprint density at radius 2 is 2.00 bits per heavy atom. The average molecular weight is 456 g/mol. The zero-order valence-electron chi connectivity index (χ0n) is 18.6. The van der Waals surface area contributed by atoms with Crippen LogP contribution in [0.5, 0.6) is 0 Å². The van der Waals surface area contributed by atoms with E-state index in [-0.39, 0.29) is 17.9 Å². The Kier molecular flexibility index (Phi) is 6.98. The summed E-state index contributed by atoms with van der Waals surface area (Å²) in [7, 11) is 1.32. The predicted molar refractivity (Wildman–Crippen MR) is 125 cm³/mol. The van der Waals surface area contributed by atoms with Crippen LogP contribution in [-0.2, 0) is 16.1 Å². The molecule has 1 aliphatic carbocycles. The number of nitrogens with zero attached hydrogens (tertiary/aromatic N) is 2. The Hall–Kier alpha value is -2.61. The Morgan fingerprint density at radius 1 is 1.25 bits per heavy atom. The molecule has 8 heteroatoms. The zero-order valence-corrected chi connectivity index (χ0v) is 19.4. The lowest BCUT2D eigenvalue weighted by Crippen LogP contribution is -2.42. The number of benzene rings is 1. The summed E-state index contributed by atoms with van der Waals surface area (Å²) in [5.41, 5.74) is 2.06. The number of hydrogen-bond acceptors (Lipinski definition) is 6. The van der Waals surface area contributed by atoms with E-state index < -0.39 is 12.0 Å². The molecule has 1 aromatic heterocycles. The molecule has 1 N–H and O–H groups in total. The van der Waals surface area contributed by atoms with Gasteiger partial charge in [-0.3, -0.25) is 9.59 Å². The van der Waals surface area contributed by atoms with E-state index in [1.54, 1.807) is 11.8 Å². The van der Waals surface area contributed by atoms with E-state index in [1.165, 1.54) is 13.5 Å². The molecular weight excluding hydrogens is 426 g/mol. The van der Waals surface area contributed by atoms with Gasteiger partial charge in [-0.2, -0.15) is 11.8 Å². The van der Waals surface area contributed by atoms with E-state index in [2.05, 4.69) is 10.3 Å². The second kappa shape index (κ2) is 9.90. The molecule has 32 heavy (non-hydrogen) atoms. The maximum absolute atomic E-state index is 13.5. The van der Waals surface area contributed by atoms with Crippen LogP contribution in [0.25, 0.3) is 10.9 Å². The van der Waals surface area contributed by atoms with Crippen molar-refractivity contribution < 1.29 is 19.1 Å². The highest BCUT2D eigenvalue weighted by molar-refractivity contribution is 7.98. The van der Waals surface area contributed by atoms with Gasteiger partial charge < -0.3 is 15.0 Å². The van der Waals surface area contributed by atoms with Crippen molar-refractivity contribution in [1.29, 1.82) is 0 Å². The largest absolute Gasteiger partial charge is 0.467 e. The van der Waals surface area contributed by atoms with Crippen molar-refractivity contribution in [2.45, 2.75) is 57.2 Å². The normalized spacial score (nSPS) is 17.3.